The molecule has 6 nitrogen and oxygen atoms in total. The van der Waals surface area contributed by atoms with Gasteiger partial charge in [0.15, 0.2) is 0 Å². The predicted octanol–water partition coefficient (Wildman–Crippen LogP) is 1.60. The number of hydrogen-bond donors (Lipinski definition) is 1. The van der Waals surface area contributed by atoms with Gasteiger partial charge >= 0.3 is 12.0 Å². The third-order valence-electron chi connectivity index (χ3n) is 4.03. The molecular weight excluding hydrogens is 292 g/mol. The lowest BCUT2D eigenvalue weighted by Crippen LogP contribution is -2.53. The molecule has 0 bridgehead atoms. The SMILES string of the molecule is CCC(CSC)N(C)C(=O)N(CC)C1COCC1C(=O)O. The van der Waals surface area contributed by atoms with Crippen molar-refractivity contribution < 1.29 is 19.4 Å². The Kier molecular flexibility index (Phi) is 7.31. The van der Waals surface area contributed by atoms with Gasteiger partial charge in [0.25, 0.3) is 0 Å². The third-order valence-corrected chi connectivity index (χ3v) is 4.75. The number of rotatable bonds is 7. The molecule has 0 aromatic carbocycles. The van der Waals surface area contributed by atoms with E-state index in [9.17, 15) is 14.7 Å². The van der Waals surface area contributed by atoms with Crippen LogP contribution < -0.4 is 0 Å². The molecule has 0 saturated carbocycles. The summed E-state index contributed by atoms with van der Waals surface area (Å²) in [6.45, 7) is 4.88. The summed E-state index contributed by atoms with van der Waals surface area (Å²) in [6.07, 6.45) is 2.90. The first-order valence-corrected chi connectivity index (χ1v) is 8.70. The molecule has 1 fully saturated rings. The number of aliphatic carboxylic acids is 1. The Bertz CT molecular complexity index is 367. The van der Waals surface area contributed by atoms with Crippen LogP contribution in [0.2, 0.25) is 0 Å². The summed E-state index contributed by atoms with van der Waals surface area (Å²) < 4.78 is 5.28. The minimum Gasteiger partial charge on any atom is -0.481 e. The summed E-state index contributed by atoms with van der Waals surface area (Å²) >= 11 is 1.71. The second kappa shape index (κ2) is 8.48. The van der Waals surface area contributed by atoms with Crippen LogP contribution in [0.5, 0.6) is 0 Å². The fourth-order valence-corrected chi connectivity index (χ4v) is 3.50. The molecule has 122 valence electrons. The van der Waals surface area contributed by atoms with Gasteiger partial charge in [0.1, 0.15) is 5.92 Å². The fraction of sp³-hybridized carbons (Fsp3) is 0.857. The van der Waals surface area contributed by atoms with Crippen LogP contribution >= 0.6 is 11.8 Å². The van der Waals surface area contributed by atoms with Crippen LogP contribution in [0.1, 0.15) is 20.3 Å². The molecule has 0 radical (unpaired) electrons. The monoisotopic (exact) mass is 318 g/mol. The Hall–Kier alpha value is -0.950. The van der Waals surface area contributed by atoms with Crippen molar-refractivity contribution in [1.82, 2.24) is 9.80 Å². The molecule has 0 aliphatic carbocycles. The molecule has 3 atom stereocenters. The summed E-state index contributed by atoms with van der Waals surface area (Å²) in [4.78, 5) is 27.3. The highest BCUT2D eigenvalue weighted by molar-refractivity contribution is 7.98. The molecule has 1 saturated heterocycles. The summed E-state index contributed by atoms with van der Waals surface area (Å²) in [7, 11) is 1.79. The zero-order valence-electron chi connectivity index (χ0n) is 13.2. The molecule has 0 spiro atoms. The van der Waals surface area contributed by atoms with E-state index in [0.29, 0.717) is 13.2 Å². The molecule has 2 amide bonds. The highest BCUT2D eigenvalue weighted by Gasteiger charge is 2.40. The van der Waals surface area contributed by atoms with Gasteiger partial charge < -0.3 is 19.6 Å². The van der Waals surface area contributed by atoms with Gasteiger partial charge in [0.2, 0.25) is 0 Å². The lowest BCUT2D eigenvalue weighted by Gasteiger charge is -2.36. The van der Waals surface area contributed by atoms with E-state index in [1.165, 1.54) is 0 Å². The molecule has 0 aromatic heterocycles. The largest absolute Gasteiger partial charge is 0.481 e. The van der Waals surface area contributed by atoms with Crippen molar-refractivity contribution >= 4 is 23.8 Å². The minimum absolute atomic E-state index is 0.111. The third kappa shape index (κ3) is 4.26. The van der Waals surface area contributed by atoms with E-state index in [-0.39, 0.29) is 24.7 Å². The zero-order valence-corrected chi connectivity index (χ0v) is 14.1. The average Bonchev–Trinajstić information content (AvgIpc) is 2.94. The van der Waals surface area contributed by atoms with E-state index in [1.807, 2.05) is 13.2 Å². The van der Waals surface area contributed by atoms with Gasteiger partial charge in [-0.25, -0.2) is 4.79 Å². The standard InChI is InChI=1S/C14H26N2O4S/c1-5-10(9-21-4)15(3)14(19)16(6-2)12-8-20-7-11(12)13(17)18/h10-12H,5-9H2,1-4H3,(H,17,18). The number of carbonyl (C=O) groups excluding carboxylic acids is 1. The van der Waals surface area contributed by atoms with Crippen LogP contribution in [0, 0.1) is 5.92 Å². The van der Waals surface area contributed by atoms with E-state index in [1.54, 1.807) is 28.6 Å². The van der Waals surface area contributed by atoms with Crippen molar-refractivity contribution in [3.63, 3.8) is 0 Å². The van der Waals surface area contributed by atoms with Crippen LogP contribution in [0.3, 0.4) is 0 Å². The number of hydrogen-bond acceptors (Lipinski definition) is 4. The van der Waals surface area contributed by atoms with E-state index in [2.05, 4.69) is 6.92 Å². The van der Waals surface area contributed by atoms with E-state index < -0.39 is 11.9 Å². The number of carboxylic acids is 1. The Morgan fingerprint density at radius 1 is 1.38 bits per heavy atom. The Morgan fingerprint density at radius 3 is 2.52 bits per heavy atom. The van der Waals surface area contributed by atoms with Crippen LogP contribution in [-0.2, 0) is 9.53 Å². The number of nitrogens with zero attached hydrogens (tertiary/aromatic N) is 2. The first-order valence-electron chi connectivity index (χ1n) is 7.30. The maximum absolute atomic E-state index is 12.7. The molecular formula is C14H26N2O4S. The van der Waals surface area contributed by atoms with Crippen LogP contribution in [0.25, 0.3) is 0 Å². The van der Waals surface area contributed by atoms with Crippen molar-refractivity contribution in [3.05, 3.63) is 0 Å². The maximum atomic E-state index is 12.7. The van der Waals surface area contributed by atoms with Gasteiger partial charge in [-0.3, -0.25) is 4.79 Å². The molecule has 7 heteroatoms. The summed E-state index contributed by atoms with van der Waals surface area (Å²) in [6, 6.07) is -0.332. The summed E-state index contributed by atoms with van der Waals surface area (Å²) in [5.41, 5.74) is 0. The first kappa shape index (κ1) is 18.1. The summed E-state index contributed by atoms with van der Waals surface area (Å²) in [5.74, 6) is -0.662. The number of ether oxygens (including phenoxy) is 1. The minimum atomic E-state index is -0.900. The highest BCUT2D eigenvalue weighted by Crippen LogP contribution is 2.22. The smallest absolute Gasteiger partial charge is 0.320 e. The second-order valence-corrected chi connectivity index (χ2v) is 6.16. The molecule has 1 aliphatic heterocycles. The molecule has 1 heterocycles. The van der Waals surface area contributed by atoms with Crippen molar-refractivity contribution in [1.29, 1.82) is 0 Å². The quantitative estimate of drug-likeness (QED) is 0.772. The molecule has 21 heavy (non-hydrogen) atoms. The molecule has 0 aromatic rings. The van der Waals surface area contributed by atoms with Crippen LogP contribution in [0.15, 0.2) is 0 Å². The lowest BCUT2D eigenvalue weighted by molar-refractivity contribution is -0.142. The second-order valence-electron chi connectivity index (χ2n) is 5.25. The Morgan fingerprint density at radius 2 is 2.05 bits per heavy atom. The fourth-order valence-electron chi connectivity index (χ4n) is 2.65. The molecule has 3 unspecified atom stereocenters. The Balaban J connectivity index is 2.83. The van der Waals surface area contributed by atoms with Crippen molar-refractivity contribution in [3.8, 4) is 0 Å². The zero-order chi connectivity index (χ0) is 16.0. The van der Waals surface area contributed by atoms with Gasteiger partial charge in [0, 0.05) is 25.4 Å². The average molecular weight is 318 g/mol. The lowest BCUT2D eigenvalue weighted by atomic mass is 10.0. The number of urea groups is 1. The van der Waals surface area contributed by atoms with Crippen molar-refractivity contribution in [2.24, 2.45) is 5.92 Å². The molecule has 1 aliphatic rings. The van der Waals surface area contributed by atoms with Gasteiger partial charge in [-0.2, -0.15) is 11.8 Å². The number of amides is 2. The van der Waals surface area contributed by atoms with E-state index >= 15 is 0 Å². The number of carbonyl (C=O) groups is 2. The predicted molar refractivity (Wildman–Crippen MR) is 83.7 cm³/mol. The van der Waals surface area contributed by atoms with Crippen LogP contribution in [-0.4, -0.2) is 77.8 Å². The number of carboxylic acid groups (broad SMARTS) is 1. The molecule has 1 N–H and O–H groups in total. The highest BCUT2D eigenvalue weighted by atomic mass is 32.2. The van der Waals surface area contributed by atoms with Gasteiger partial charge in [0.05, 0.1) is 19.3 Å². The number of thioether (sulfide) groups is 1. The molecule has 1 rings (SSSR count). The maximum Gasteiger partial charge on any atom is 0.320 e. The van der Waals surface area contributed by atoms with E-state index in [4.69, 9.17) is 4.74 Å². The van der Waals surface area contributed by atoms with E-state index in [0.717, 1.165) is 12.2 Å². The first-order chi connectivity index (χ1) is 9.97. The summed E-state index contributed by atoms with van der Waals surface area (Å²) in [5, 5.41) is 9.25. The van der Waals surface area contributed by atoms with Crippen molar-refractivity contribution in [2.75, 3.05) is 38.8 Å². The van der Waals surface area contributed by atoms with Gasteiger partial charge in [-0.15, -0.1) is 0 Å². The van der Waals surface area contributed by atoms with Crippen molar-refractivity contribution in [2.45, 2.75) is 32.4 Å². The topological polar surface area (TPSA) is 70.1 Å². The van der Waals surface area contributed by atoms with Gasteiger partial charge in [-0.1, -0.05) is 6.92 Å². The van der Waals surface area contributed by atoms with Gasteiger partial charge in [-0.05, 0) is 19.6 Å². The Labute approximate surface area is 130 Å². The van der Waals surface area contributed by atoms with Crippen LogP contribution in [0.4, 0.5) is 4.79 Å². The normalized spacial score (nSPS) is 22.9. The number of likely N-dealkylation sites (N-methyl/N-ethyl adjacent to an activating group) is 1.